The molecule has 2 atom stereocenters. The molecule has 0 bridgehead atoms. The first kappa shape index (κ1) is 29.1. The molecule has 196 valence electrons. The summed E-state index contributed by atoms with van der Waals surface area (Å²) in [5.74, 6) is -1.54. The van der Waals surface area contributed by atoms with E-state index in [9.17, 15) is 30.0 Å². The average molecular weight is 489 g/mol. The van der Waals surface area contributed by atoms with Crippen molar-refractivity contribution < 1.29 is 30.0 Å². The summed E-state index contributed by atoms with van der Waals surface area (Å²) in [5, 5.41) is 39.7. The van der Waals surface area contributed by atoms with Gasteiger partial charge in [0, 0.05) is 0 Å². The smallest absolute Gasteiger partial charge is 0.309 e. The molecule has 0 heterocycles. The monoisotopic (exact) mass is 488 g/mol. The Kier molecular flexibility index (Phi) is 10.5. The van der Waals surface area contributed by atoms with Crippen molar-refractivity contribution in [3.05, 3.63) is 46.6 Å². The minimum Gasteiger partial charge on any atom is -0.481 e. The highest BCUT2D eigenvalue weighted by atomic mass is 16.4. The number of hydrogen-bond donors (Lipinski definition) is 4. The number of aliphatic hydroxyl groups is 2. The lowest BCUT2D eigenvalue weighted by Crippen LogP contribution is -2.23. The van der Waals surface area contributed by atoms with Gasteiger partial charge in [0.1, 0.15) is 0 Å². The van der Waals surface area contributed by atoms with Crippen molar-refractivity contribution in [1.29, 1.82) is 0 Å². The SMILES string of the molecule is CC(C)(CCCCC1=CC=C(CCCC2=CC=C(CCCCC(C)(C)C(=O)O)C2O)C1O)C(=O)O. The highest BCUT2D eigenvalue weighted by molar-refractivity contribution is 5.73. The van der Waals surface area contributed by atoms with Gasteiger partial charge in [-0.25, -0.2) is 0 Å². The van der Waals surface area contributed by atoms with Crippen molar-refractivity contribution in [2.45, 2.75) is 111 Å². The van der Waals surface area contributed by atoms with E-state index in [-0.39, 0.29) is 0 Å². The van der Waals surface area contributed by atoms with E-state index in [1.165, 1.54) is 0 Å². The van der Waals surface area contributed by atoms with Crippen LogP contribution in [0.5, 0.6) is 0 Å². The molecule has 35 heavy (non-hydrogen) atoms. The summed E-state index contributed by atoms with van der Waals surface area (Å²) in [5.41, 5.74) is 2.60. The molecule has 0 aromatic heterocycles. The second-order valence-electron chi connectivity index (χ2n) is 11.4. The van der Waals surface area contributed by atoms with Gasteiger partial charge in [0.25, 0.3) is 0 Å². The average Bonchev–Trinajstić information content (AvgIpc) is 3.31. The van der Waals surface area contributed by atoms with Crippen LogP contribution in [-0.4, -0.2) is 44.6 Å². The largest absolute Gasteiger partial charge is 0.481 e. The Morgan fingerprint density at radius 1 is 0.600 bits per heavy atom. The third-order valence-corrected chi connectivity index (χ3v) is 7.55. The van der Waals surface area contributed by atoms with Crippen LogP contribution in [0.25, 0.3) is 0 Å². The predicted molar refractivity (Wildman–Crippen MR) is 138 cm³/mol. The zero-order valence-electron chi connectivity index (χ0n) is 21.8. The summed E-state index contributed by atoms with van der Waals surface area (Å²) in [6.45, 7) is 6.99. The van der Waals surface area contributed by atoms with Crippen LogP contribution in [0.4, 0.5) is 0 Å². The molecule has 2 unspecified atom stereocenters. The van der Waals surface area contributed by atoms with Crippen LogP contribution in [-0.2, 0) is 9.59 Å². The number of unbranched alkanes of at least 4 members (excludes halogenated alkanes) is 2. The maximum atomic E-state index is 11.2. The van der Waals surface area contributed by atoms with Gasteiger partial charge in [-0.05, 0) is 108 Å². The molecule has 0 spiro atoms. The summed E-state index contributed by atoms with van der Waals surface area (Å²) < 4.78 is 0. The van der Waals surface area contributed by atoms with Gasteiger partial charge in [-0.2, -0.15) is 0 Å². The number of carboxylic acid groups (broad SMARTS) is 2. The van der Waals surface area contributed by atoms with E-state index in [4.69, 9.17) is 0 Å². The lowest BCUT2D eigenvalue weighted by Gasteiger charge is -2.19. The number of carboxylic acids is 2. The van der Waals surface area contributed by atoms with Crippen molar-refractivity contribution in [3.63, 3.8) is 0 Å². The third-order valence-electron chi connectivity index (χ3n) is 7.55. The van der Waals surface area contributed by atoms with E-state index in [0.717, 1.165) is 80.1 Å². The molecule has 0 saturated heterocycles. The fraction of sp³-hybridized carbons (Fsp3) is 0.655. The van der Waals surface area contributed by atoms with E-state index in [2.05, 4.69) is 0 Å². The Balaban J connectivity index is 1.63. The Morgan fingerprint density at radius 3 is 1.17 bits per heavy atom. The number of rotatable bonds is 16. The second kappa shape index (κ2) is 12.7. The van der Waals surface area contributed by atoms with E-state index in [1.807, 2.05) is 24.3 Å². The van der Waals surface area contributed by atoms with Crippen LogP contribution < -0.4 is 0 Å². The van der Waals surface area contributed by atoms with Gasteiger partial charge in [-0.15, -0.1) is 0 Å². The summed E-state index contributed by atoms with van der Waals surface area (Å²) in [6, 6.07) is 0. The van der Waals surface area contributed by atoms with Crippen molar-refractivity contribution in [2.24, 2.45) is 10.8 Å². The molecular formula is C29H44O6. The number of allylic oxidation sites excluding steroid dienone is 4. The summed E-state index contributed by atoms with van der Waals surface area (Å²) >= 11 is 0. The van der Waals surface area contributed by atoms with Gasteiger partial charge in [0.15, 0.2) is 0 Å². The molecule has 4 N–H and O–H groups in total. The molecule has 0 aliphatic heterocycles. The standard InChI is InChI=1S/C29H44O6/c1-28(2,26(32)33)18-7-5-10-20-14-16-22(24(20)30)12-9-13-23-17-15-21(25(23)31)11-6-8-19-29(3,4)27(34)35/h14-17,24-25,30-31H,5-13,18-19H2,1-4H3,(H,32,33)(H,34,35). The van der Waals surface area contributed by atoms with Crippen LogP contribution in [0.15, 0.2) is 46.6 Å². The lowest BCUT2D eigenvalue weighted by molar-refractivity contribution is -0.148. The lowest BCUT2D eigenvalue weighted by atomic mass is 9.86. The van der Waals surface area contributed by atoms with Crippen LogP contribution in [0.1, 0.15) is 98.3 Å². The maximum absolute atomic E-state index is 11.2. The quantitative estimate of drug-likeness (QED) is 0.199. The highest BCUT2D eigenvalue weighted by Crippen LogP contribution is 2.33. The molecule has 2 aliphatic rings. The van der Waals surface area contributed by atoms with Gasteiger partial charge in [0.2, 0.25) is 0 Å². The van der Waals surface area contributed by atoms with E-state index in [1.54, 1.807) is 27.7 Å². The fourth-order valence-corrected chi connectivity index (χ4v) is 4.65. The number of hydrogen-bond acceptors (Lipinski definition) is 4. The Morgan fingerprint density at radius 2 is 0.886 bits per heavy atom. The van der Waals surface area contributed by atoms with Gasteiger partial charge < -0.3 is 20.4 Å². The summed E-state index contributed by atoms with van der Waals surface area (Å²) in [4.78, 5) is 22.4. The Bertz CT molecular complexity index is 815. The molecule has 2 aliphatic carbocycles. The fourth-order valence-electron chi connectivity index (χ4n) is 4.65. The minimum atomic E-state index is -0.772. The molecule has 0 radical (unpaired) electrons. The number of carbonyl (C=O) groups is 2. The van der Waals surface area contributed by atoms with Gasteiger partial charge >= 0.3 is 11.9 Å². The zero-order valence-corrected chi connectivity index (χ0v) is 21.8. The molecule has 6 heteroatoms. The summed E-state index contributed by atoms with van der Waals surface area (Å²) in [7, 11) is 0. The first-order valence-corrected chi connectivity index (χ1v) is 13.0. The topological polar surface area (TPSA) is 115 Å². The van der Waals surface area contributed by atoms with Crippen LogP contribution >= 0.6 is 0 Å². The highest BCUT2D eigenvalue weighted by Gasteiger charge is 2.28. The minimum absolute atomic E-state index is 0.547. The first-order chi connectivity index (χ1) is 16.3. The second-order valence-corrected chi connectivity index (χ2v) is 11.4. The van der Waals surface area contributed by atoms with Crippen molar-refractivity contribution >= 4 is 11.9 Å². The van der Waals surface area contributed by atoms with Gasteiger partial charge in [-0.3, -0.25) is 9.59 Å². The number of aliphatic carboxylic acids is 2. The maximum Gasteiger partial charge on any atom is 0.309 e. The Hall–Kier alpha value is -2.18. The van der Waals surface area contributed by atoms with Gasteiger partial charge in [0.05, 0.1) is 23.0 Å². The normalized spacial score (nSPS) is 20.4. The molecule has 0 amide bonds. The molecule has 0 saturated carbocycles. The predicted octanol–water partition coefficient (Wildman–Crippen LogP) is 5.95. The molecule has 0 aromatic rings. The third kappa shape index (κ3) is 8.46. The molecule has 6 nitrogen and oxygen atoms in total. The van der Waals surface area contributed by atoms with Crippen molar-refractivity contribution in [2.75, 3.05) is 0 Å². The number of aliphatic hydroxyl groups excluding tert-OH is 2. The Labute approximate surface area is 210 Å². The van der Waals surface area contributed by atoms with E-state index in [0.29, 0.717) is 12.8 Å². The van der Waals surface area contributed by atoms with Crippen LogP contribution in [0.3, 0.4) is 0 Å². The van der Waals surface area contributed by atoms with E-state index >= 15 is 0 Å². The zero-order chi connectivity index (χ0) is 26.2. The van der Waals surface area contributed by atoms with Crippen molar-refractivity contribution in [1.82, 2.24) is 0 Å². The van der Waals surface area contributed by atoms with Gasteiger partial charge in [-0.1, -0.05) is 37.1 Å². The van der Waals surface area contributed by atoms with Crippen LogP contribution in [0, 0.1) is 10.8 Å². The molecule has 2 rings (SSSR count). The molecular weight excluding hydrogens is 444 g/mol. The molecule has 0 aromatic carbocycles. The van der Waals surface area contributed by atoms with E-state index < -0.39 is 35.0 Å². The van der Waals surface area contributed by atoms with Crippen LogP contribution in [0.2, 0.25) is 0 Å². The molecule has 0 fully saturated rings. The summed E-state index contributed by atoms with van der Waals surface area (Å²) in [6.07, 6.45) is 15.5. The first-order valence-electron chi connectivity index (χ1n) is 13.0. The van der Waals surface area contributed by atoms with Crippen molar-refractivity contribution in [3.8, 4) is 0 Å².